The van der Waals surface area contributed by atoms with E-state index < -0.39 is 12.0 Å². The molecule has 2 aromatic rings. The van der Waals surface area contributed by atoms with Gasteiger partial charge in [-0.15, -0.1) is 0 Å². The number of benzene rings is 1. The van der Waals surface area contributed by atoms with Gasteiger partial charge in [0.1, 0.15) is 6.04 Å². The zero-order valence-corrected chi connectivity index (χ0v) is 10.2. The van der Waals surface area contributed by atoms with Crippen LogP contribution in [0.25, 0.3) is 10.9 Å². The summed E-state index contributed by atoms with van der Waals surface area (Å²) in [4.78, 5) is 13.7. The molecule has 0 aliphatic carbocycles. The van der Waals surface area contributed by atoms with Gasteiger partial charge in [-0.3, -0.25) is 4.79 Å². The van der Waals surface area contributed by atoms with E-state index in [1.807, 2.05) is 0 Å². The van der Waals surface area contributed by atoms with Crippen molar-refractivity contribution in [2.45, 2.75) is 12.5 Å². The summed E-state index contributed by atoms with van der Waals surface area (Å²) in [5.41, 5.74) is 7.04. The molecule has 4 nitrogen and oxygen atoms in total. The smallest absolute Gasteiger partial charge is 0.320 e. The van der Waals surface area contributed by atoms with Gasteiger partial charge in [0.25, 0.3) is 0 Å². The highest BCUT2D eigenvalue weighted by Gasteiger charge is 2.16. The van der Waals surface area contributed by atoms with Crippen LogP contribution >= 0.6 is 23.2 Å². The molecule has 0 saturated carbocycles. The molecule has 4 N–H and O–H groups in total. The van der Waals surface area contributed by atoms with Gasteiger partial charge in [-0.05, 0) is 17.7 Å². The lowest BCUT2D eigenvalue weighted by Crippen LogP contribution is -2.32. The molecule has 0 radical (unpaired) electrons. The van der Waals surface area contributed by atoms with Gasteiger partial charge in [-0.2, -0.15) is 0 Å². The van der Waals surface area contributed by atoms with Crippen molar-refractivity contribution in [2.24, 2.45) is 5.73 Å². The van der Waals surface area contributed by atoms with Crippen LogP contribution < -0.4 is 5.73 Å². The molecule has 1 atom stereocenters. The zero-order valence-electron chi connectivity index (χ0n) is 8.71. The van der Waals surface area contributed by atoms with Gasteiger partial charge in [0.15, 0.2) is 0 Å². The summed E-state index contributed by atoms with van der Waals surface area (Å²) in [6.45, 7) is 0. The summed E-state index contributed by atoms with van der Waals surface area (Å²) in [6.07, 6.45) is 1.92. The molecule has 0 fully saturated rings. The summed E-state index contributed by atoms with van der Waals surface area (Å²) >= 11 is 11.9. The molecule has 0 aliphatic rings. The number of carboxylic acid groups (broad SMARTS) is 1. The van der Waals surface area contributed by atoms with Crippen LogP contribution in [-0.4, -0.2) is 22.1 Å². The highest BCUT2D eigenvalue weighted by molar-refractivity contribution is 6.38. The first kappa shape index (κ1) is 12.2. The van der Waals surface area contributed by atoms with Crippen molar-refractivity contribution in [3.05, 3.63) is 33.9 Å². The summed E-state index contributed by atoms with van der Waals surface area (Å²) in [5.74, 6) is -1.04. The lowest BCUT2D eigenvalue weighted by molar-refractivity contribution is -0.138. The Morgan fingerprint density at radius 2 is 2.18 bits per heavy atom. The van der Waals surface area contributed by atoms with Crippen molar-refractivity contribution in [2.75, 3.05) is 0 Å². The Balaban J connectivity index is 2.46. The highest BCUT2D eigenvalue weighted by atomic mass is 35.5. The molecule has 0 saturated heterocycles. The van der Waals surface area contributed by atoms with Gasteiger partial charge in [0, 0.05) is 28.5 Å². The van der Waals surface area contributed by atoms with E-state index in [0.717, 1.165) is 16.5 Å². The third kappa shape index (κ3) is 2.39. The first-order valence-electron chi connectivity index (χ1n) is 4.92. The van der Waals surface area contributed by atoms with Crippen molar-refractivity contribution < 1.29 is 9.90 Å². The molecule has 0 bridgehead atoms. The number of rotatable bonds is 3. The van der Waals surface area contributed by atoms with E-state index in [0.29, 0.717) is 10.0 Å². The van der Waals surface area contributed by atoms with E-state index in [9.17, 15) is 4.79 Å². The lowest BCUT2D eigenvalue weighted by Gasteiger charge is -2.05. The van der Waals surface area contributed by atoms with E-state index in [1.165, 1.54) is 0 Å². The molecule has 0 amide bonds. The molecule has 1 aromatic heterocycles. The molecule has 17 heavy (non-hydrogen) atoms. The number of carboxylic acids is 1. The number of hydrogen-bond acceptors (Lipinski definition) is 2. The molecule has 0 unspecified atom stereocenters. The third-order valence-corrected chi connectivity index (χ3v) is 3.05. The topological polar surface area (TPSA) is 79.1 Å². The summed E-state index contributed by atoms with van der Waals surface area (Å²) in [5, 5.41) is 10.6. The Hall–Kier alpha value is -1.23. The molecule has 1 heterocycles. The Kier molecular flexibility index (Phi) is 3.28. The van der Waals surface area contributed by atoms with Gasteiger partial charge in [0.2, 0.25) is 0 Å². The fraction of sp³-hybridized carbons (Fsp3) is 0.182. The van der Waals surface area contributed by atoms with Crippen LogP contribution in [0.1, 0.15) is 5.56 Å². The van der Waals surface area contributed by atoms with E-state index >= 15 is 0 Å². The summed E-state index contributed by atoms with van der Waals surface area (Å²) in [7, 11) is 0. The maximum atomic E-state index is 10.7. The SMILES string of the molecule is N[C@@H](Cc1c[nH]c2cc(Cl)cc(Cl)c12)C(=O)O. The summed E-state index contributed by atoms with van der Waals surface area (Å²) in [6, 6.07) is 2.41. The van der Waals surface area contributed by atoms with Crippen LogP contribution in [-0.2, 0) is 11.2 Å². The van der Waals surface area contributed by atoms with Gasteiger partial charge >= 0.3 is 5.97 Å². The minimum absolute atomic E-state index is 0.219. The average molecular weight is 273 g/mol. The quantitative estimate of drug-likeness (QED) is 0.803. The predicted molar refractivity (Wildman–Crippen MR) is 67.6 cm³/mol. The number of nitrogens with two attached hydrogens (primary N) is 1. The highest BCUT2D eigenvalue weighted by Crippen LogP contribution is 2.30. The van der Waals surface area contributed by atoms with E-state index in [-0.39, 0.29) is 6.42 Å². The van der Waals surface area contributed by atoms with Crippen LogP contribution in [0.5, 0.6) is 0 Å². The molecule has 0 spiro atoms. The first-order valence-corrected chi connectivity index (χ1v) is 5.68. The number of aliphatic carboxylic acids is 1. The second kappa shape index (κ2) is 4.56. The second-order valence-electron chi connectivity index (χ2n) is 3.77. The van der Waals surface area contributed by atoms with E-state index in [1.54, 1.807) is 18.3 Å². The average Bonchev–Trinajstić information content (AvgIpc) is 2.60. The van der Waals surface area contributed by atoms with Crippen molar-refractivity contribution in [3.8, 4) is 0 Å². The molecule has 0 aliphatic heterocycles. The molecule has 1 aromatic carbocycles. The van der Waals surface area contributed by atoms with Crippen molar-refractivity contribution >= 4 is 40.1 Å². The van der Waals surface area contributed by atoms with Gasteiger partial charge in [-0.25, -0.2) is 0 Å². The van der Waals surface area contributed by atoms with Gasteiger partial charge < -0.3 is 15.8 Å². The molecule has 6 heteroatoms. The number of halogens is 2. The second-order valence-corrected chi connectivity index (χ2v) is 4.62. The number of hydrogen-bond donors (Lipinski definition) is 3. The number of H-pyrrole nitrogens is 1. The fourth-order valence-electron chi connectivity index (χ4n) is 1.74. The Bertz CT molecular complexity index is 580. The Morgan fingerprint density at radius 3 is 2.82 bits per heavy atom. The van der Waals surface area contributed by atoms with Crippen molar-refractivity contribution in [3.63, 3.8) is 0 Å². The lowest BCUT2D eigenvalue weighted by atomic mass is 10.1. The van der Waals surface area contributed by atoms with Gasteiger partial charge in [-0.1, -0.05) is 23.2 Å². The van der Waals surface area contributed by atoms with Crippen LogP contribution in [0.3, 0.4) is 0 Å². The van der Waals surface area contributed by atoms with E-state index in [2.05, 4.69) is 4.98 Å². The number of nitrogens with one attached hydrogen (secondary N) is 1. The molecular formula is C11H10Cl2N2O2. The molecule has 2 rings (SSSR count). The molecular weight excluding hydrogens is 263 g/mol. The van der Waals surface area contributed by atoms with E-state index in [4.69, 9.17) is 34.0 Å². The van der Waals surface area contributed by atoms with Crippen LogP contribution in [0, 0.1) is 0 Å². The third-order valence-electron chi connectivity index (χ3n) is 2.54. The minimum atomic E-state index is -1.04. The maximum absolute atomic E-state index is 10.7. The predicted octanol–water partition coefficient (Wildman–Crippen LogP) is 2.43. The number of fused-ring (bicyclic) bond motifs is 1. The number of aromatic amines is 1. The monoisotopic (exact) mass is 272 g/mol. The molecule has 90 valence electrons. The Morgan fingerprint density at radius 1 is 1.47 bits per heavy atom. The van der Waals surface area contributed by atoms with Crippen LogP contribution in [0.4, 0.5) is 0 Å². The fourth-order valence-corrected chi connectivity index (χ4v) is 2.35. The summed E-state index contributed by atoms with van der Waals surface area (Å²) < 4.78 is 0. The van der Waals surface area contributed by atoms with Crippen LogP contribution in [0.2, 0.25) is 10.0 Å². The number of aromatic nitrogens is 1. The van der Waals surface area contributed by atoms with Crippen LogP contribution in [0.15, 0.2) is 18.3 Å². The standard InChI is InChI=1S/C11H10Cl2N2O2/c12-6-2-7(13)10-5(1-8(14)11(16)17)4-15-9(10)3-6/h2-4,8,15H,1,14H2,(H,16,17)/t8-/m0/s1. The van der Waals surface area contributed by atoms with Crippen molar-refractivity contribution in [1.82, 2.24) is 4.98 Å². The first-order chi connectivity index (χ1) is 7.99. The minimum Gasteiger partial charge on any atom is -0.480 e. The zero-order chi connectivity index (χ0) is 12.6. The largest absolute Gasteiger partial charge is 0.480 e. The Labute approximate surface area is 107 Å². The van der Waals surface area contributed by atoms with Crippen molar-refractivity contribution in [1.29, 1.82) is 0 Å². The maximum Gasteiger partial charge on any atom is 0.320 e. The number of carbonyl (C=O) groups is 1. The normalized spacial score (nSPS) is 12.9. The van der Waals surface area contributed by atoms with Gasteiger partial charge in [0.05, 0.1) is 5.02 Å².